The number of amides is 1. The molecule has 0 aliphatic carbocycles. The molecule has 0 radical (unpaired) electrons. The van der Waals surface area contributed by atoms with E-state index in [4.69, 9.17) is 16.7 Å². The van der Waals surface area contributed by atoms with E-state index >= 15 is 0 Å². The number of aliphatic hydroxyl groups excluding tert-OH is 1. The molecule has 1 heterocycles. The number of hydrogen-bond donors (Lipinski definition) is 3. The molecule has 3 N–H and O–H groups in total. The Balaban J connectivity index is 1.84. The number of aliphatic carboxylic acids is 1. The van der Waals surface area contributed by atoms with Gasteiger partial charge in [-0.05, 0) is 54.7 Å². The number of aryl methyl sites for hydroxylation is 2. The Morgan fingerprint density at radius 1 is 1.12 bits per heavy atom. The molecule has 0 saturated carbocycles. The number of nitrogens with zero attached hydrogens (tertiary/aromatic N) is 1. The van der Waals surface area contributed by atoms with Crippen LogP contribution in [0.25, 0.3) is 10.9 Å². The van der Waals surface area contributed by atoms with E-state index in [0.717, 1.165) is 35.7 Å². The second kappa shape index (κ2) is 10.2. The van der Waals surface area contributed by atoms with Gasteiger partial charge in [0.15, 0.2) is 0 Å². The molecule has 0 spiro atoms. The number of unbranched alkanes of at least 4 members (excludes halogenated alkanes) is 1. The molecular formula is C25H29ClN2O4. The summed E-state index contributed by atoms with van der Waals surface area (Å²) >= 11 is 6.50. The van der Waals surface area contributed by atoms with E-state index in [1.54, 1.807) is 37.3 Å². The summed E-state index contributed by atoms with van der Waals surface area (Å²) in [5, 5.41) is 23.3. The molecular weight excluding hydrogens is 428 g/mol. The third kappa shape index (κ3) is 4.97. The SMILES string of the molecule is CCCCc1cc(Cl)c2cc(C(=O)NC(CO)c3ccc(C(C)C(=O)O)cc3)n(C)c2c1. The Kier molecular flexibility index (Phi) is 7.59. The van der Waals surface area contributed by atoms with Crippen LogP contribution in [0.1, 0.15) is 65.8 Å². The molecule has 1 amide bonds. The smallest absolute Gasteiger partial charge is 0.310 e. The number of carbonyl (C=O) groups excluding carboxylic acids is 1. The molecule has 1 aromatic heterocycles. The highest BCUT2D eigenvalue weighted by molar-refractivity contribution is 6.35. The summed E-state index contributed by atoms with van der Waals surface area (Å²) < 4.78 is 1.82. The average Bonchev–Trinajstić information content (AvgIpc) is 3.12. The molecule has 2 atom stereocenters. The van der Waals surface area contributed by atoms with Crippen molar-refractivity contribution in [3.63, 3.8) is 0 Å². The minimum Gasteiger partial charge on any atom is -0.481 e. The van der Waals surface area contributed by atoms with Gasteiger partial charge in [0.2, 0.25) is 0 Å². The van der Waals surface area contributed by atoms with Gasteiger partial charge in [0.1, 0.15) is 5.69 Å². The summed E-state index contributed by atoms with van der Waals surface area (Å²) in [4.78, 5) is 24.2. The number of halogens is 1. The number of carbonyl (C=O) groups is 2. The minimum absolute atomic E-state index is 0.286. The fourth-order valence-corrected chi connectivity index (χ4v) is 4.10. The number of carboxylic acids is 1. The molecule has 32 heavy (non-hydrogen) atoms. The topological polar surface area (TPSA) is 91.6 Å². The van der Waals surface area contributed by atoms with Crippen molar-refractivity contribution < 1.29 is 19.8 Å². The summed E-state index contributed by atoms with van der Waals surface area (Å²) in [7, 11) is 1.83. The monoisotopic (exact) mass is 456 g/mol. The zero-order valence-electron chi connectivity index (χ0n) is 18.6. The number of aromatic nitrogens is 1. The standard InChI is InChI=1S/C25H29ClN2O4/c1-4-5-6-16-11-20(26)19-13-23(28(3)22(19)12-16)24(30)27-21(14-29)18-9-7-17(8-10-18)15(2)25(31)32/h7-13,15,21,29H,4-6,14H2,1-3H3,(H,27,30)(H,31,32). The minimum atomic E-state index is -0.906. The number of hydrogen-bond acceptors (Lipinski definition) is 3. The number of fused-ring (bicyclic) bond motifs is 1. The number of benzene rings is 2. The van der Waals surface area contributed by atoms with E-state index in [1.807, 2.05) is 17.7 Å². The Bertz CT molecular complexity index is 1120. The third-order valence-electron chi connectivity index (χ3n) is 5.92. The lowest BCUT2D eigenvalue weighted by molar-refractivity contribution is -0.138. The number of carboxylic acid groups (broad SMARTS) is 1. The van der Waals surface area contributed by atoms with E-state index in [2.05, 4.69) is 18.3 Å². The molecule has 170 valence electrons. The zero-order chi connectivity index (χ0) is 23.4. The molecule has 0 fully saturated rings. The maximum Gasteiger partial charge on any atom is 0.310 e. The highest BCUT2D eigenvalue weighted by atomic mass is 35.5. The van der Waals surface area contributed by atoms with E-state index in [1.165, 1.54) is 0 Å². The van der Waals surface area contributed by atoms with Gasteiger partial charge in [-0.2, -0.15) is 0 Å². The summed E-state index contributed by atoms with van der Waals surface area (Å²) in [6.07, 6.45) is 3.10. The molecule has 3 rings (SSSR count). The van der Waals surface area contributed by atoms with Crippen molar-refractivity contribution in [2.24, 2.45) is 7.05 Å². The first-order valence-corrected chi connectivity index (χ1v) is 11.2. The molecule has 0 aliphatic heterocycles. The lowest BCUT2D eigenvalue weighted by atomic mass is 9.98. The van der Waals surface area contributed by atoms with E-state index < -0.39 is 17.9 Å². The van der Waals surface area contributed by atoms with Crippen molar-refractivity contribution in [3.05, 3.63) is 69.9 Å². The zero-order valence-corrected chi connectivity index (χ0v) is 19.3. The van der Waals surface area contributed by atoms with Gasteiger partial charge in [-0.1, -0.05) is 49.2 Å². The van der Waals surface area contributed by atoms with E-state index in [0.29, 0.717) is 21.8 Å². The van der Waals surface area contributed by atoms with Crippen molar-refractivity contribution >= 4 is 34.4 Å². The predicted molar refractivity (Wildman–Crippen MR) is 126 cm³/mol. The summed E-state index contributed by atoms with van der Waals surface area (Å²) in [6, 6.07) is 12.0. The Morgan fingerprint density at radius 2 is 1.78 bits per heavy atom. The maximum atomic E-state index is 13.0. The van der Waals surface area contributed by atoms with E-state index in [-0.39, 0.29) is 12.5 Å². The number of rotatable bonds is 9. The van der Waals surface area contributed by atoms with Crippen LogP contribution in [0.3, 0.4) is 0 Å². The van der Waals surface area contributed by atoms with Crippen LogP contribution >= 0.6 is 11.6 Å². The number of aliphatic hydroxyl groups is 1. The second-order valence-corrected chi connectivity index (χ2v) is 8.55. The average molecular weight is 457 g/mol. The lowest BCUT2D eigenvalue weighted by Crippen LogP contribution is -2.32. The highest BCUT2D eigenvalue weighted by Gasteiger charge is 2.21. The molecule has 0 saturated heterocycles. The summed E-state index contributed by atoms with van der Waals surface area (Å²) in [5.41, 5.74) is 3.83. The van der Waals surface area contributed by atoms with Gasteiger partial charge in [-0.25, -0.2) is 0 Å². The Morgan fingerprint density at radius 3 is 2.38 bits per heavy atom. The van der Waals surface area contributed by atoms with Gasteiger partial charge in [0.25, 0.3) is 5.91 Å². The maximum absolute atomic E-state index is 13.0. The van der Waals surface area contributed by atoms with Crippen LogP contribution in [-0.2, 0) is 18.3 Å². The van der Waals surface area contributed by atoms with Crippen LogP contribution in [0.4, 0.5) is 0 Å². The quantitative estimate of drug-likeness (QED) is 0.430. The molecule has 0 bridgehead atoms. The van der Waals surface area contributed by atoms with Crippen molar-refractivity contribution in [1.82, 2.24) is 9.88 Å². The normalized spacial score (nSPS) is 13.2. The molecule has 0 aliphatic rings. The van der Waals surface area contributed by atoms with Gasteiger partial charge in [0.05, 0.1) is 29.1 Å². The fraction of sp³-hybridized carbons (Fsp3) is 0.360. The van der Waals surface area contributed by atoms with Crippen LogP contribution in [0, 0.1) is 0 Å². The lowest BCUT2D eigenvalue weighted by Gasteiger charge is -2.18. The van der Waals surface area contributed by atoms with Crippen LogP contribution in [0.5, 0.6) is 0 Å². The van der Waals surface area contributed by atoms with Gasteiger partial charge < -0.3 is 20.1 Å². The Labute approximate surface area is 192 Å². The van der Waals surface area contributed by atoms with Gasteiger partial charge in [-0.3, -0.25) is 9.59 Å². The fourth-order valence-electron chi connectivity index (χ4n) is 3.81. The van der Waals surface area contributed by atoms with Crippen LogP contribution < -0.4 is 5.32 Å². The second-order valence-electron chi connectivity index (χ2n) is 8.14. The predicted octanol–water partition coefficient (Wildman–Crippen LogP) is 4.83. The molecule has 3 aromatic rings. The molecule has 2 aromatic carbocycles. The van der Waals surface area contributed by atoms with Crippen LogP contribution in [0.2, 0.25) is 5.02 Å². The van der Waals surface area contributed by atoms with Crippen LogP contribution in [0.15, 0.2) is 42.5 Å². The van der Waals surface area contributed by atoms with Crippen molar-refractivity contribution in [3.8, 4) is 0 Å². The first-order valence-electron chi connectivity index (χ1n) is 10.8. The van der Waals surface area contributed by atoms with Crippen LogP contribution in [-0.4, -0.2) is 33.3 Å². The van der Waals surface area contributed by atoms with Crippen molar-refractivity contribution in [1.29, 1.82) is 0 Å². The first-order chi connectivity index (χ1) is 15.3. The molecule has 2 unspecified atom stereocenters. The van der Waals surface area contributed by atoms with E-state index in [9.17, 15) is 14.7 Å². The van der Waals surface area contributed by atoms with Gasteiger partial charge >= 0.3 is 5.97 Å². The molecule has 7 heteroatoms. The Hall–Kier alpha value is -2.83. The third-order valence-corrected chi connectivity index (χ3v) is 6.23. The largest absolute Gasteiger partial charge is 0.481 e. The number of nitrogens with one attached hydrogen (secondary N) is 1. The van der Waals surface area contributed by atoms with Gasteiger partial charge in [0, 0.05) is 12.4 Å². The van der Waals surface area contributed by atoms with Gasteiger partial charge in [-0.15, -0.1) is 0 Å². The molecule has 6 nitrogen and oxygen atoms in total. The van der Waals surface area contributed by atoms with Crippen molar-refractivity contribution in [2.75, 3.05) is 6.61 Å². The highest BCUT2D eigenvalue weighted by Crippen LogP contribution is 2.29. The van der Waals surface area contributed by atoms with Crippen molar-refractivity contribution in [2.45, 2.75) is 45.1 Å². The summed E-state index contributed by atoms with van der Waals surface area (Å²) in [5.74, 6) is -1.86. The summed E-state index contributed by atoms with van der Waals surface area (Å²) in [6.45, 7) is 3.47. The first kappa shape index (κ1) is 23.8.